The summed E-state index contributed by atoms with van der Waals surface area (Å²) >= 11 is 3.64. The molecule has 3 rings (SSSR count). The zero-order valence-corrected chi connectivity index (χ0v) is 20.0. The van der Waals surface area contributed by atoms with Gasteiger partial charge in [0, 0.05) is 52.6 Å². The fourth-order valence-corrected chi connectivity index (χ4v) is 4.70. The van der Waals surface area contributed by atoms with Crippen LogP contribution in [-0.2, 0) is 5.41 Å². The van der Waals surface area contributed by atoms with Gasteiger partial charge in [0.15, 0.2) is 5.71 Å². The first-order valence-electron chi connectivity index (χ1n) is 10.4. The highest BCUT2D eigenvalue weighted by Gasteiger charge is 2.45. The van der Waals surface area contributed by atoms with Crippen LogP contribution in [-0.4, -0.2) is 37.5 Å². The van der Waals surface area contributed by atoms with Gasteiger partial charge in [-0.3, -0.25) is 0 Å². The highest BCUT2D eigenvalue weighted by atomic mass is 79.9. The molecule has 0 fully saturated rings. The summed E-state index contributed by atoms with van der Waals surface area (Å²) in [4.78, 5) is 2.33. The maximum atomic E-state index is 5.72. The second-order valence-corrected chi connectivity index (χ2v) is 8.64. The molecule has 1 heterocycles. The predicted molar refractivity (Wildman–Crippen MR) is 128 cm³/mol. The molecule has 0 saturated carbocycles. The van der Waals surface area contributed by atoms with Gasteiger partial charge >= 0.3 is 0 Å². The van der Waals surface area contributed by atoms with Crippen LogP contribution in [0.2, 0.25) is 0 Å². The molecule has 1 atom stereocenters. The molecule has 0 aromatic heterocycles. The molecule has 154 valence electrons. The summed E-state index contributed by atoms with van der Waals surface area (Å²) in [6.45, 7) is 10.9. The first kappa shape index (κ1) is 21.6. The van der Waals surface area contributed by atoms with Crippen molar-refractivity contribution in [2.45, 2.75) is 39.5 Å². The standard InChI is InChI=1S/C25H32BrN2O/c1-7-25(4)21-16-19(26)12-14-22(21)27(5)24(25)15-11-18-10-13-20(17-23(18)29-6)28(8-2)9-3/h10-17H,7-9H2,1-6H3/q+1. The van der Waals surface area contributed by atoms with Crippen molar-refractivity contribution >= 4 is 39.1 Å². The van der Waals surface area contributed by atoms with Gasteiger partial charge < -0.3 is 9.64 Å². The quantitative estimate of drug-likeness (QED) is 0.447. The first-order valence-corrected chi connectivity index (χ1v) is 11.2. The molecule has 1 aliphatic rings. The Morgan fingerprint density at radius 2 is 1.79 bits per heavy atom. The van der Waals surface area contributed by atoms with E-state index in [9.17, 15) is 0 Å². The molecule has 1 unspecified atom stereocenters. The van der Waals surface area contributed by atoms with E-state index in [1.807, 2.05) is 0 Å². The summed E-state index contributed by atoms with van der Waals surface area (Å²) in [6, 6.07) is 13.1. The van der Waals surface area contributed by atoms with Crippen LogP contribution in [0.1, 0.15) is 45.2 Å². The van der Waals surface area contributed by atoms with Gasteiger partial charge in [0.1, 0.15) is 12.8 Å². The number of fused-ring (bicyclic) bond motifs is 1. The summed E-state index contributed by atoms with van der Waals surface area (Å²) in [5, 5.41) is 0. The van der Waals surface area contributed by atoms with Crippen molar-refractivity contribution in [3.05, 3.63) is 58.1 Å². The van der Waals surface area contributed by atoms with Crippen molar-refractivity contribution in [1.29, 1.82) is 0 Å². The van der Waals surface area contributed by atoms with Crippen molar-refractivity contribution in [1.82, 2.24) is 0 Å². The number of anilines is 1. The highest BCUT2D eigenvalue weighted by molar-refractivity contribution is 9.10. The summed E-state index contributed by atoms with van der Waals surface area (Å²) in [5.41, 5.74) is 6.24. The van der Waals surface area contributed by atoms with Gasteiger partial charge in [-0.05, 0) is 57.5 Å². The van der Waals surface area contributed by atoms with Crippen LogP contribution < -0.4 is 9.64 Å². The van der Waals surface area contributed by atoms with E-state index in [2.05, 4.69) is 109 Å². The molecule has 0 radical (unpaired) electrons. The molecular formula is C25H32BrN2O+. The Kier molecular flexibility index (Phi) is 6.52. The average molecular weight is 456 g/mol. The largest absolute Gasteiger partial charge is 0.496 e. The molecule has 0 spiro atoms. The lowest BCUT2D eigenvalue weighted by Crippen LogP contribution is -2.29. The van der Waals surface area contributed by atoms with Crippen LogP contribution in [0, 0.1) is 0 Å². The van der Waals surface area contributed by atoms with Crippen molar-refractivity contribution in [2.75, 3.05) is 32.1 Å². The number of rotatable bonds is 7. The number of benzene rings is 2. The molecule has 2 aromatic carbocycles. The summed E-state index contributed by atoms with van der Waals surface area (Å²) in [7, 11) is 3.91. The van der Waals surface area contributed by atoms with E-state index in [1.165, 1.54) is 22.6 Å². The van der Waals surface area contributed by atoms with Gasteiger partial charge in [0.25, 0.3) is 0 Å². The van der Waals surface area contributed by atoms with Crippen LogP contribution in [0.25, 0.3) is 6.08 Å². The lowest BCUT2D eigenvalue weighted by Gasteiger charge is -2.22. The molecule has 29 heavy (non-hydrogen) atoms. The van der Waals surface area contributed by atoms with Gasteiger partial charge in [-0.1, -0.05) is 22.9 Å². The van der Waals surface area contributed by atoms with Gasteiger partial charge in [-0.2, -0.15) is 4.58 Å². The average Bonchev–Trinajstić information content (AvgIpc) is 2.94. The van der Waals surface area contributed by atoms with E-state index in [4.69, 9.17) is 4.74 Å². The molecular weight excluding hydrogens is 424 g/mol. The molecule has 4 heteroatoms. The number of ether oxygens (including phenoxy) is 1. The Bertz CT molecular complexity index is 959. The Morgan fingerprint density at radius 3 is 2.41 bits per heavy atom. The zero-order chi connectivity index (χ0) is 21.2. The maximum Gasteiger partial charge on any atom is 0.209 e. The third-order valence-corrected chi connectivity index (χ3v) is 6.81. The monoisotopic (exact) mass is 455 g/mol. The molecule has 3 nitrogen and oxygen atoms in total. The van der Waals surface area contributed by atoms with Gasteiger partial charge in [-0.15, -0.1) is 0 Å². The smallest absolute Gasteiger partial charge is 0.209 e. The van der Waals surface area contributed by atoms with E-state index in [0.29, 0.717) is 0 Å². The number of allylic oxidation sites excluding steroid dienone is 1. The molecule has 0 bridgehead atoms. The summed E-state index contributed by atoms with van der Waals surface area (Å²) in [5.74, 6) is 0.908. The van der Waals surface area contributed by atoms with E-state index in [-0.39, 0.29) is 5.41 Å². The van der Waals surface area contributed by atoms with Crippen molar-refractivity contribution in [2.24, 2.45) is 0 Å². The second-order valence-electron chi connectivity index (χ2n) is 7.72. The molecule has 0 aliphatic carbocycles. The first-order chi connectivity index (χ1) is 13.9. The number of hydrogen-bond acceptors (Lipinski definition) is 2. The zero-order valence-electron chi connectivity index (χ0n) is 18.4. The minimum atomic E-state index is -0.0151. The molecule has 0 N–H and O–H groups in total. The Balaban J connectivity index is 2.00. The molecule has 1 aliphatic heterocycles. The van der Waals surface area contributed by atoms with Crippen LogP contribution in [0.5, 0.6) is 5.75 Å². The highest BCUT2D eigenvalue weighted by Crippen LogP contribution is 2.43. The van der Waals surface area contributed by atoms with Crippen LogP contribution in [0.3, 0.4) is 0 Å². The predicted octanol–water partition coefficient (Wildman–Crippen LogP) is 6.41. The Morgan fingerprint density at radius 1 is 1.07 bits per heavy atom. The fraction of sp³-hybridized carbons (Fsp3) is 0.400. The normalized spacial score (nSPS) is 18.4. The van der Waals surface area contributed by atoms with Crippen LogP contribution in [0.15, 0.2) is 46.9 Å². The number of hydrogen-bond donors (Lipinski definition) is 0. The lowest BCUT2D eigenvalue weighted by molar-refractivity contribution is -0.401. The van der Waals surface area contributed by atoms with E-state index < -0.39 is 0 Å². The maximum absolute atomic E-state index is 5.72. The Hall–Kier alpha value is -2.07. The van der Waals surface area contributed by atoms with Gasteiger partial charge in [0.2, 0.25) is 5.69 Å². The Labute approximate surface area is 183 Å². The molecule has 0 saturated heterocycles. The molecule has 2 aromatic rings. The van der Waals surface area contributed by atoms with Crippen molar-refractivity contribution < 1.29 is 9.31 Å². The van der Waals surface area contributed by atoms with Crippen molar-refractivity contribution in [3.8, 4) is 5.75 Å². The van der Waals surface area contributed by atoms with Gasteiger partial charge in [-0.25, -0.2) is 0 Å². The number of methoxy groups -OCH3 is 1. The van der Waals surface area contributed by atoms with Crippen molar-refractivity contribution in [3.63, 3.8) is 0 Å². The van der Waals surface area contributed by atoms with Crippen LogP contribution in [0.4, 0.5) is 11.4 Å². The van der Waals surface area contributed by atoms with E-state index >= 15 is 0 Å². The fourth-order valence-electron chi connectivity index (χ4n) is 4.34. The third-order valence-electron chi connectivity index (χ3n) is 6.31. The SMILES string of the molecule is CCN(CC)c1ccc(/C=C/C2=[N+](C)c3ccc(Br)cc3C2(C)CC)c(OC)c1. The van der Waals surface area contributed by atoms with E-state index in [0.717, 1.165) is 35.3 Å². The van der Waals surface area contributed by atoms with E-state index in [1.54, 1.807) is 7.11 Å². The minimum absolute atomic E-state index is 0.0151. The third kappa shape index (κ3) is 3.87. The number of halogens is 1. The second kappa shape index (κ2) is 8.74. The topological polar surface area (TPSA) is 15.5 Å². The van der Waals surface area contributed by atoms with Crippen LogP contribution >= 0.6 is 15.9 Å². The number of nitrogens with zero attached hydrogens (tertiary/aromatic N) is 2. The summed E-state index contributed by atoms with van der Waals surface area (Å²) < 4.78 is 9.16. The minimum Gasteiger partial charge on any atom is -0.496 e. The lowest BCUT2D eigenvalue weighted by atomic mass is 9.77. The summed E-state index contributed by atoms with van der Waals surface area (Å²) in [6.07, 6.45) is 5.48. The molecule has 0 amide bonds. The van der Waals surface area contributed by atoms with Gasteiger partial charge in [0.05, 0.1) is 12.5 Å².